The van der Waals surface area contributed by atoms with Crippen molar-refractivity contribution in [2.45, 2.75) is 45.6 Å². The monoisotopic (exact) mass is 281 g/mol. The van der Waals surface area contributed by atoms with Gasteiger partial charge in [-0.1, -0.05) is 31.4 Å². The Morgan fingerprint density at radius 3 is 3.00 bits per heavy atom. The van der Waals surface area contributed by atoms with Gasteiger partial charge in [-0.2, -0.15) is 0 Å². The lowest BCUT2D eigenvalue weighted by molar-refractivity contribution is 0.435. The zero-order chi connectivity index (χ0) is 13.7. The minimum absolute atomic E-state index is 0.473. The molecule has 1 aliphatic heterocycles. The van der Waals surface area contributed by atoms with Crippen molar-refractivity contribution in [3.05, 3.63) is 22.8 Å². The molecule has 1 unspecified atom stereocenters. The number of aromatic nitrogens is 1. The molecule has 1 fully saturated rings. The molecule has 0 spiro atoms. The molecular weight excluding hydrogens is 258 g/mol. The molecule has 2 rings (SSSR count). The molecule has 0 radical (unpaired) electrons. The van der Waals surface area contributed by atoms with Gasteiger partial charge in [0.1, 0.15) is 5.82 Å². The van der Waals surface area contributed by atoms with Gasteiger partial charge in [-0.25, -0.2) is 4.98 Å². The summed E-state index contributed by atoms with van der Waals surface area (Å²) >= 11 is 6.41. The molecule has 19 heavy (non-hydrogen) atoms. The van der Waals surface area contributed by atoms with Gasteiger partial charge < -0.3 is 10.6 Å². The lowest BCUT2D eigenvalue weighted by atomic mass is 9.96. The van der Waals surface area contributed by atoms with E-state index in [-0.39, 0.29) is 0 Å². The maximum absolute atomic E-state index is 6.41. The van der Waals surface area contributed by atoms with Crippen molar-refractivity contribution >= 4 is 17.4 Å². The van der Waals surface area contributed by atoms with E-state index in [9.17, 15) is 0 Å². The molecule has 1 aromatic rings. The number of hydrogen-bond donors (Lipinski definition) is 1. The SMILES string of the molecule is CCCC1CCCN(c2nccc(CN)c2Cl)CC1. The third-order valence-corrected chi connectivity index (χ3v) is 4.43. The summed E-state index contributed by atoms with van der Waals surface area (Å²) in [6, 6.07) is 1.91. The Bertz CT molecular complexity index is 408. The van der Waals surface area contributed by atoms with Gasteiger partial charge >= 0.3 is 0 Å². The van der Waals surface area contributed by atoms with Gasteiger partial charge in [0.25, 0.3) is 0 Å². The van der Waals surface area contributed by atoms with E-state index in [2.05, 4.69) is 16.8 Å². The van der Waals surface area contributed by atoms with Crippen LogP contribution in [0.5, 0.6) is 0 Å². The molecule has 1 atom stereocenters. The summed E-state index contributed by atoms with van der Waals surface area (Å²) in [7, 11) is 0. The van der Waals surface area contributed by atoms with Crippen molar-refractivity contribution in [2.75, 3.05) is 18.0 Å². The summed E-state index contributed by atoms with van der Waals surface area (Å²) in [6.07, 6.45) is 8.26. The molecule has 0 saturated carbocycles. The van der Waals surface area contributed by atoms with Crippen molar-refractivity contribution in [3.63, 3.8) is 0 Å². The largest absolute Gasteiger partial charge is 0.355 e. The first kappa shape index (κ1) is 14.6. The van der Waals surface area contributed by atoms with Gasteiger partial charge in [0.15, 0.2) is 0 Å². The van der Waals surface area contributed by atoms with Crippen LogP contribution in [0.3, 0.4) is 0 Å². The third kappa shape index (κ3) is 3.61. The second-order valence-corrected chi connectivity index (χ2v) is 5.76. The number of anilines is 1. The van der Waals surface area contributed by atoms with E-state index < -0.39 is 0 Å². The van der Waals surface area contributed by atoms with Crippen LogP contribution in [0.2, 0.25) is 5.02 Å². The fourth-order valence-electron chi connectivity index (χ4n) is 2.92. The number of nitrogens with zero attached hydrogens (tertiary/aromatic N) is 2. The maximum atomic E-state index is 6.41. The predicted octanol–water partition coefficient (Wildman–Crippen LogP) is 3.60. The molecule has 1 aliphatic rings. The molecule has 2 heterocycles. The lowest BCUT2D eigenvalue weighted by Crippen LogP contribution is -2.26. The smallest absolute Gasteiger partial charge is 0.147 e. The molecule has 1 aromatic heterocycles. The Hall–Kier alpha value is -0.800. The summed E-state index contributed by atoms with van der Waals surface area (Å²) in [5.41, 5.74) is 6.70. The quantitative estimate of drug-likeness (QED) is 0.917. The van der Waals surface area contributed by atoms with E-state index in [0.29, 0.717) is 6.54 Å². The highest BCUT2D eigenvalue weighted by atomic mass is 35.5. The molecule has 4 heteroatoms. The number of halogens is 1. The van der Waals surface area contributed by atoms with Gasteiger partial charge in [-0.3, -0.25) is 0 Å². The lowest BCUT2D eigenvalue weighted by Gasteiger charge is -2.23. The molecular formula is C15H24ClN3. The maximum Gasteiger partial charge on any atom is 0.147 e. The van der Waals surface area contributed by atoms with Gasteiger partial charge in [-0.05, 0) is 36.8 Å². The molecule has 0 aliphatic carbocycles. The summed E-state index contributed by atoms with van der Waals surface area (Å²) in [5.74, 6) is 1.79. The fourth-order valence-corrected chi connectivity index (χ4v) is 3.23. The minimum atomic E-state index is 0.473. The Morgan fingerprint density at radius 2 is 2.26 bits per heavy atom. The van der Waals surface area contributed by atoms with Crippen LogP contribution in [0.15, 0.2) is 12.3 Å². The highest BCUT2D eigenvalue weighted by Crippen LogP contribution is 2.30. The topological polar surface area (TPSA) is 42.2 Å². The van der Waals surface area contributed by atoms with E-state index >= 15 is 0 Å². The van der Waals surface area contributed by atoms with Gasteiger partial charge in [0.2, 0.25) is 0 Å². The summed E-state index contributed by atoms with van der Waals surface area (Å²) in [5, 5.41) is 0.735. The van der Waals surface area contributed by atoms with Crippen molar-refractivity contribution in [3.8, 4) is 0 Å². The molecule has 2 N–H and O–H groups in total. The molecule has 0 bridgehead atoms. The highest BCUT2D eigenvalue weighted by molar-refractivity contribution is 6.33. The van der Waals surface area contributed by atoms with Crippen molar-refractivity contribution in [2.24, 2.45) is 11.7 Å². The fraction of sp³-hybridized carbons (Fsp3) is 0.667. The van der Waals surface area contributed by atoms with Crippen molar-refractivity contribution in [1.29, 1.82) is 0 Å². The standard InChI is InChI=1S/C15H24ClN3/c1-2-4-12-5-3-9-19(10-7-12)15-14(16)13(11-17)6-8-18-15/h6,8,12H,2-5,7,9-11,17H2,1H3. The molecule has 0 aromatic carbocycles. The normalized spacial score (nSPS) is 20.4. The zero-order valence-corrected chi connectivity index (χ0v) is 12.5. The number of rotatable bonds is 4. The van der Waals surface area contributed by atoms with Crippen LogP contribution >= 0.6 is 11.6 Å². The molecule has 1 saturated heterocycles. The number of pyridine rings is 1. The average molecular weight is 282 g/mol. The summed E-state index contributed by atoms with van der Waals surface area (Å²) in [4.78, 5) is 6.79. The van der Waals surface area contributed by atoms with Gasteiger partial charge in [0.05, 0.1) is 5.02 Å². The Morgan fingerprint density at radius 1 is 1.42 bits per heavy atom. The first-order chi connectivity index (χ1) is 9.26. The van der Waals surface area contributed by atoms with Crippen molar-refractivity contribution in [1.82, 2.24) is 4.98 Å². The number of hydrogen-bond acceptors (Lipinski definition) is 3. The van der Waals surface area contributed by atoms with E-state index in [0.717, 1.165) is 35.4 Å². The third-order valence-electron chi connectivity index (χ3n) is 4.01. The first-order valence-corrected chi connectivity index (χ1v) is 7.72. The Kier molecular flexibility index (Phi) is 5.46. The second kappa shape index (κ2) is 7.11. The Labute approximate surface area is 121 Å². The van der Waals surface area contributed by atoms with E-state index in [4.69, 9.17) is 17.3 Å². The zero-order valence-electron chi connectivity index (χ0n) is 11.7. The van der Waals surface area contributed by atoms with Gasteiger partial charge in [-0.15, -0.1) is 0 Å². The first-order valence-electron chi connectivity index (χ1n) is 7.34. The van der Waals surface area contributed by atoms with Crippen LogP contribution in [0.1, 0.15) is 44.6 Å². The minimum Gasteiger partial charge on any atom is -0.355 e. The highest BCUT2D eigenvalue weighted by Gasteiger charge is 2.19. The molecule has 106 valence electrons. The number of nitrogens with two attached hydrogens (primary N) is 1. The average Bonchev–Trinajstić information content (AvgIpc) is 2.65. The Balaban J connectivity index is 2.10. The van der Waals surface area contributed by atoms with E-state index in [1.54, 1.807) is 0 Å². The van der Waals surface area contributed by atoms with Crippen LogP contribution in [-0.2, 0) is 6.54 Å². The van der Waals surface area contributed by atoms with Crippen LogP contribution in [0.25, 0.3) is 0 Å². The summed E-state index contributed by atoms with van der Waals surface area (Å²) < 4.78 is 0. The summed E-state index contributed by atoms with van der Waals surface area (Å²) in [6.45, 7) is 4.86. The van der Waals surface area contributed by atoms with Gasteiger partial charge in [0, 0.05) is 25.8 Å². The molecule has 3 nitrogen and oxygen atoms in total. The van der Waals surface area contributed by atoms with Crippen LogP contribution in [-0.4, -0.2) is 18.1 Å². The predicted molar refractivity (Wildman–Crippen MR) is 81.6 cm³/mol. The van der Waals surface area contributed by atoms with E-state index in [1.165, 1.54) is 32.1 Å². The molecule has 0 amide bonds. The van der Waals surface area contributed by atoms with Crippen LogP contribution < -0.4 is 10.6 Å². The second-order valence-electron chi connectivity index (χ2n) is 5.38. The van der Waals surface area contributed by atoms with Crippen LogP contribution in [0.4, 0.5) is 5.82 Å². The van der Waals surface area contributed by atoms with E-state index in [1.807, 2.05) is 12.3 Å². The van der Waals surface area contributed by atoms with Crippen LogP contribution in [0, 0.1) is 5.92 Å². The van der Waals surface area contributed by atoms with Crippen molar-refractivity contribution < 1.29 is 0 Å².